The second kappa shape index (κ2) is 10.6. The smallest absolute Gasteiger partial charge is 0.330 e. The van der Waals surface area contributed by atoms with Crippen LogP contribution in [-0.2, 0) is 15.3 Å². The van der Waals surface area contributed by atoms with Gasteiger partial charge in [-0.15, -0.1) is 0 Å². The number of carbonyl (C=O) groups is 2. The minimum Gasteiger partial charge on any atom is -0.497 e. The van der Waals surface area contributed by atoms with Gasteiger partial charge in [0.2, 0.25) is 5.91 Å². The van der Waals surface area contributed by atoms with Crippen molar-refractivity contribution in [2.75, 3.05) is 25.7 Å². The van der Waals surface area contributed by atoms with Gasteiger partial charge in [-0.2, -0.15) is 23.5 Å². The highest BCUT2D eigenvalue weighted by Crippen LogP contribution is 2.29. The van der Waals surface area contributed by atoms with Crippen molar-refractivity contribution in [2.24, 2.45) is 0 Å². The highest BCUT2D eigenvalue weighted by molar-refractivity contribution is 8.03. The summed E-state index contributed by atoms with van der Waals surface area (Å²) in [6, 6.07) is 16.6. The predicted octanol–water partition coefficient (Wildman–Crippen LogP) is 4.04. The molecule has 7 heteroatoms. The number of hydrogen-bond donors (Lipinski definition) is 1. The number of thioether (sulfide) groups is 2. The molecule has 1 aliphatic heterocycles. The average Bonchev–Trinajstić information content (AvgIpc) is 3.23. The molecule has 1 unspecified atom stereocenters. The third-order valence-electron chi connectivity index (χ3n) is 4.97. The van der Waals surface area contributed by atoms with Gasteiger partial charge in [0.25, 0.3) is 0 Å². The summed E-state index contributed by atoms with van der Waals surface area (Å²) in [6.45, 7) is 0.319. The number of carboxylic acid groups (broad SMARTS) is 1. The van der Waals surface area contributed by atoms with Crippen LogP contribution in [0.4, 0.5) is 0 Å². The summed E-state index contributed by atoms with van der Waals surface area (Å²) in [5, 5.41) is 9.37. The lowest BCUT2D eigenvalue weighted by molar-refractivity contribution is -0.146. The molecule has 158 valence electrons. The Bertz CT molecular complexity index is 899. The van der Waals surface area contributed by atoms with Crippen LogP contribution in [0, 0.1) is 0 Å². The van der Waals surface area contributed by atoms with E-state index in [0.717, 1.165) is 28.2 Å². The van der Waals surface area contributed by atoms with Crippen LogP contribution in [0.3, 0.4) is 0 Å². The Morgan fingerprint density at radius 3 is 2.47 bits per heavy atom. The Balaban J connectivity index is 1.63. The Labute approximate surface area is 185 Å². The number of aliphatic carboxylic acids is 1. The molecular formula is C23H25NO4S2. The summed E-state index contributed by atoms with van der Waals surface area (Å²) in [7, 11) is 1.64. The molecule has 0 saturated carbocycles. The van der Waals surface area contributed by atoms with E-state index in [9.17, 15) is 14.7 Å². The van der Waals surface area contributed by atoms with Gasteiger partial charge < -0.3 is 14.7 Å². The third-order valence-corrected chi connectivity index (χ3v) is 7.23. The molecule has 0 spiro atoms. The molecule has 1 aliphatic rings. The number of carboxylic acids is 1. The van der Waals surface area contributed by atoms with Gasteiger partial charge >= 0.3 is 5.97 Å². The Hall–Kier alpha value is -2.38. The monoisotopic (exact) mass is 443 g/mol. The van der Waals surface area contributed by atoms with Crippen LogP contribution < -0.4 is 4.74 Å². The van der Waals surface area contributed by atoms with E-state index >= 15 is 0 Å². The van der Waals surface area contributed by atoms with Crippen molar-refractivity contribution < 1.29 is 19.4 Å². The fourth-order valence-corrected chi connectivity index (χ4v) is 5.38. The van der Waals surface area contributed by atoms with Crippen molar-refractivity contribution in [1.29, 1.82) is 0 Å². The number of rotatable bonds is 9. The molecule has 2 aromatic carbocycles. The van der Waals surface area contributed by atoms with Gasteiger partial charge in [-0.05, 0) is 41.2 Å². The lowest BCUT2D eigenvalue weighted by Crippen LogP contribution is -2.45. The van der Waals surface area contributed by atoms with E-state index in [2.05, 4.69) is 0 Å². The van der Waals surface area contributed by atoms with E-state index in [1.165, 1.54) is 16.7 Å². The van der Waals surface area contributed by atoms with Crippen LogP contribution >= 0.6 is 23.5 Å². The summed E-state index contributed by atoms with van der Waals surface area (Å²) in [5.74, 6) is 1.09. The number of amides is 1. The molecule has 1 amide bonds. The minimum atomic E-state index is -1.000. The molecule has 0 aliphatic carbocycles. The first kappa shape index (κ1) is 22.3. The van der Waals surface area contributed by atoms with Crippen LogP contribution in [0.1, 0.15) is 11.1 Å². The van der Waals surface area contributed by atoms with Gasteiger partial charge in [0, 0.05) is 18.1 Å². The molecule has 0 radical (unpaired) electrons. The Morgan fingerprint density at radius 1 is 1.17 bits per heavy atom. The van der Waals surface area contributed by atoms with E-state index in [0.29, 0.717) is 12.3 Å². The number of carbonyl (C=O) groups excluding carboxylic acids is 1. The molecule has 1 N–H and O–H groups in total. The number of ether oxygens (including phenoxy) is 1. The van der Waals surface area contributed by atoms with Gasteiger partial charge in [0.05, 0.1) is 12.4 Å². The molecule has 3 rings (SSSR count). The van der Waals surface area contributed by atoms with E-state index in [1.54, 1.807) is 24.9 Å². The summed E-state index contributed by atoms with van der Waals surface area (Å²) in [5.41, 5.74) is 2.99. The number of hydrogen-bond acceptors (Lipinski definition) is 5. The van der Waals surface area contributed by atoms with E-state index < -0.39 is 12.0 Å². The maximum atomic E-state index is 13.2. The number of nitrogens with zero attached hydrogens (tertiary/aromatic N) is 1. The molecule has 0 saturated heterocycles. The predicted molar refractivity (Wildman–Crippen MR) is 124 cm³/mol. The minimum absolute atomic E-state index is 0.126. The largest absolute Gasteiger partial charge is 0.497 e. The molecule has 2 aromatic rings. The first-order valence-electron chi connectivity index (χ1n) is 9.56. The topological polar surface area (TPSA) is 66.8 Å². The van der Waals surface area contributed by atoms with Crippen molar-refractivity contribution in [2.45, 2.75) is 17.0 Å². The number of methoxy groups -OCH3 is 1. The summed E-state index contributed by atoms with van der Waals surface area (Å²) >= 11 is 3.14. The summed E-state index contributed by atoms with van der Waals surface area (Å²) in [4.78, 5) is 26.5. The van der Waals surface area contributed by atoms with Crippen LogP contribution in [0.25, 0.3) is 5.57 Å². The van der Waals surface area contributed by atoms with Gasteiger partial charge in [-0.1, -0.05) is 42.5 Å². The highest BCUT2D eigenvalue weighted by atomic mass is 32.2. The molecule has 0 fully saturated rings. The maximum absolute atomic E-state index is 13.2. The Kier molecular flexibility index (Phi) is 7.87. The van der Waals surface area contributed by atoms with Gasteiger partial charge in [-0.25, -0.2) is 4.79 Å². The lowest BCUT2D eigenvalue weighted by Gasteiger charge is -2.26. The van der Waals surface area contributed by atoms with Gasteiger partial charge in [-0.3, -0.25) is 4.79 Å². The van der Waals surface area contributed by atoms with Crippen molar-refractivity contribution in [1.82, 2.24) is 4.90 Å². The van der Waals surface area contributed by atoms with E-state index in [4.69, 9.17) is 4.74 Å². The van der Waals surface area contributed by atoms with Crippen molar-refractivity contribution in [3.8, 4) is 5.75 Å². The second-order valence-corrected chi connectivity index (χ2v) is 8.97. The Morgan fingerprint density at radius 2 is 1.87 bits per heavy atom. The quantitative estimate of drug-likeness (QED) is 0.631. The van der Waals surface area contributed by atoms with Crippen LogP contribution in [0.2, 0.25) is 0 Å². The van der Waals surface area contributed by atoms with Crippen LogP contribution in [0.5, 0.6) is 5.75 Å². The molecular weight excluding hydrogens is 418 g/mol. The zero-order valence-corrected chi connectivity index (χ0v) is 18.6. The molecule has 1 heterocycles. The first-order chi connectivity index (χ1) is 14.5. The molecule has 2 atom stereocenters. The molecule has 5 nitrogen and oxygen atoms in total. The first-order valence-corrected chi connectivity index (χ1v) is 12.0. The van der Waals surface area contributed by atoms with Crippen molar-refractivity contribution >= 4 is 41.0 Å². The SMILES string of the molecule is COc1ccc(CSC[C@@H](SC)C(=O)N2CC(c3ccccc3)=CC2C(=O)O)cc1. The maximum Gasteiger partial charge on any atom is 0.330 e. The third kappa shape index (κ3) is 5.40. The molecule has 30 heavy (non-hydrogen) atoms. The van der Waals surface area contributed by atoms with Crippen molar-refractivity contribution in [3.05, 3.63) is 71.8 Å². The van der Waals surface area contributed by atoms with E-state index in [1.807, 2.05) is 60.9 Å². The fourth-order valence-electron chi connectivity index (χ4n) is 3.31. The summed E-state index contributed by atoms with van der Waals surface area (Å²) < 4.78 is 5.17. The van der Waals surface area contributed by atoms with Crippen LogP contribution in [-0.4, -0.2) is 58.8 Å². The standard InChI is InChI=1S/C23H25NO4S2/c1-28-19-10-8-16(9-11-19)14-30-15-21(29-2)22(25)24-13-18(12-20(24)23(26)27)17-6-4-3-5-7-17/h3-12,20-21H,13-15H2,1-2H3,(H,26,27)/t20?,21-/m1/s1. The summed E-state index contributed by atoms with van der Waals surface area (Å²) in [6.07, 6.45) is 3.59. The zero-order chi connectivity index (χ0) is 21.5. The fraction of sp³-hybridized carbons (Fsp3) is 0.304. The second-order valence-electron chi connectivity index (χ2n) is 6.89. The molecule has 0 bridgehead atoms. The van der Waals surface area contributed by atoms with E-state index in [-0.39, 0.29) is 11.2 Å². The van der Waals surface area contributed by atoms with Gasteiger partial charge in [0.1, 0.15) is 11.8 Å². The normalized spacial score (nSPS) is 16.8. The highest BCUT2D eigenvalue weighted by Gasteiger charge is 2.37. The van der Waals surface area contributed by atoms with Gasteiger partial charge in [0.15, 0.2) is 0 Å². The average molecular weight is 444 g/mol. The zero-order valence-electron chi connectivity index (χ0n) is 17.0. The molecule has 0 aromatic heterocycles. The van der Waals surface area contributed by atoms with Crippen molar-refractivity contribution in [3.63, 3.8) is 0 Å². The van der Waals surface area contributed by atoms with Crippen LogP contribution in [0.15, 0.2) is 60.7 Å². The lowest BCUT2D eigenvalue weighted by atomic mass is 10.1. The number of benzene rings is 2.